The van der Waals surface area contributed by atoms with Crippen LogP contribution in [0.1, 0.15) is 29.1 Å². The van der Waals surface area contributed by atoms with E-state index in [1.807, 2.05) is 42.5 Å². The fourth-order valence-electron chi connectivity index (χ4n) is 3.41. The van der Waals surface area contributed by atoms with Gasteiger partial charge >= 0.3 is 0 Å². The lowest BCUT2D eigenvalue weighted by atomic mass is 9.89. The number of carbonyl (C=O) groups is 1. The molecule has 2 aromatic carbocycles. The zero-order chi connectivity index (χ0) is 18.6. The van der Waals surface area contributed by atoms with Crippen molar-refractivity contribution in [3.63, 3.8) is 0 Å². The minimum Gasteiger partial charge on any atom is -0.419 e. The van der Waals surface area contributed by atoms with Crippen LogP contribution in [0.2, 0.25) is 5.02 Å². The number of benzene rings is 2. The van der Waals surface area contributed by atoms with Crippen LogP contribution in [0.3, 0.4) is 0 Å². The normalized spacial score (nSPS) is 15.7. The number of hydrogen-bond donors (Lipinski definition) is 0. The molecule has 6 heteroatoms. The van der Waals surface area contributed by atoms with E-state index in [2.05, 4.69) is 15.1 Å². The van der Waals surface area contributed by atoms with Gasteiger partial charge in [-0.05, 0) is 50.2 Å². The van der Waals surface area contributed by atoms with E-state index in [9.17, 15) is 4.79 Å². The van der Waals surface area contributed by atoms with E-state index in [0.717, 1.165) is 37.1 Å². The quantitative estimate of drug-likeness (QED) is 0.609. The predicted octanol–water partition coefficient (Wildman–Crippen LogP) is 4.48. The highest BCUT2D eigenvalue weighted by Gasteiger charge is 2.26. The fourth-order valence-corrected chi connectivity index (χ4v) is 3.54. The van der Waals surface area contributed by atoms with E-state index in [1.54, 1.807) is 12.1 Å². The molecule has 1 aliphatic heterocycles. The molecular formula is C21H20ClN3O2. The Bertz CT molecular complexity index is 901. The minimum absolute atomic E-state index is 0.0935. The first-order chi connectivity index (χ1) is 13.2. The van der Waals surface area contributed by atoms with Crippen molar-refractivity contribution >= 4 is 17.4 Å². The second-order valence-electron chi connectivity index (χ2n) is 6.79. The van der Waals surface area contributed by atoms with Crippen LogP contribution >= 0.6 is 11.6 Å². The van der Waals surface area contributed by atoms with E-state index >= 15 is 0 Å². The Labute approximate surface area is 163 Å². The zero-order valence-corrected chi connectivity index (χ0v) is 15.6. The Kier molecular flexibility index (Phi) is 5.32. The largest absolute Gasteiger partial charge is 0.419 e. The molecule has 0 atom stereocenters. The Balaban J connectivity index is 1.33. The van der Waals surface area contributed by atoms with Crippen LogP contribution in [0.5, 0.6) is 0 Å². The number of hydrogen-bond acceptors (Lipinski definition) is 5. The molecule has 1 saturated heterocycles. The van der Waals surface area contributed by atoms with Crippen LogP contribution in [0.15, 0.2) is 59.0 Å². The SMILES string of the molecule is O=C(c1ccccc1)C1CCN(Cc2nnc(-c3ccc(Cl)cc3)o2)CC1. The maximum absolute atomic E-state index is 12.6. The van der Waals surface area contributed by atoms with Crippen LogP contribution in [-0.2, 0) is 6.54 Å². The van der Waals surface area contributed by atoms with E-state index in [-0.39, 0.29) is 11.7 Å². The van der Waals surface area contributed by atoms with Gasteiger partial charge in [-0.25, -0.2) is 0 Å². The van der Waals surface area contributed by atoms with E-state index in [0.29, 0.717) is 23.3 Å². The summed E-state index contributed by atoms with van der Waals surface area (Å²) in [7, 11) is 0. The third-order valence-corrected chi connectivity index (χ3v) is 5.19. The van der Waals surface area contributed by atoms with E-state index < -0.39 is 0 Å². The number of ketones is 1. The second kappa shape index (κ2) is 8.03. The number of nitrogens with zero attached hydrogens (tertiary/aromatic N) is 3. The topological polar surface area (TPSA) is 59.2 Å². The summed E-state index contributed by atoms with van der Waals surface area (Å²) in [6, 6.07) is 16.9. The molecule has 0 amide bonds. The molecular weight excluding hydrogens is 362 g/mol. The molecule has 0 unspecified atom stereocenters. The average Bonchev–Trinajstić information content (AvgIpc) is 3.18. The summed E-state index contributed by atoms with van der Waals surface area (Å²) in [4.78, 5) is 14.8. The first-order valence-corrected chi connectivity index (χ1v) is 9.47. The number of carbonyl (C=O) groups excluding carboxylic acids is 1. The van der Waals surface area contributed by atoms with Crippen LogP contribution in [0.25, 0.3) is 11.5 Å². The average molecular weight is 382 g/mol. The molecule has 0 bridgehead atoms. The Morgan fingerprint density at radius 2 is 1.74 bits per heavy atom. The summed E-state index contributed by atoms with van der Waals surface area (Å²) in [6.07, 6.45) is 1.71. The van der Waals surface area contributed by atoms with Crippen molar-refractivity contribution in [3.05, 3.63) is 71.1 Å². The predicted molar refractivity (Wildman–Crippen MR) is 104 cm³/mol. The summed E-state index contributed by atoms with van der Waals surface area (Å²) < 4.78 is 5.78. The number of halogens is 1. The molecule has 1 aliphatic rings. The van der Waals surface area contributed by atoms with Gasteiger partial charge in [-0.2, -0.15) is 0 Å². The monoisotopic (exact) mass is 381 g/mol. The van der Waals surface area contributed by atoms with Gasteiger partial charge < -0.3 is 4.42 Å². The van der Waals surface area contributed by atoms with Gasteiger partial charge in [-0.15, -0.1) is 10.2 Å². The van der Waals surface area contributed by atoms with Crippen molar-refractivity contribution < 1.29 is 9.21 Å². The number of Topliss-reactive ketones (excluding diaryl/α,β-unsaturated/α-hetero) is 1. The maximum atomic E-state index is 12.6. The molecule has 0 spiro atoms. The summed E-state index contributed by atoms with van der Waals surface area (Å²) in [6.45, 7) is 2.30. The van der Waals surface area contributed by atoms with Gasteiger partial charge in [-0.3, -0.25) is 9.69 Å². The number of likely N-dealkylation sites (tertiary alicyclic amines) is 1. The lowest BCUT2D eigenvalue weighted by Gasteiger charge is -2.30. The van der Waals surface area contributed by atoms with Crippen molar-refractivity contribution in [2.24, 2.45) is 5.92 Å². The molecule has 27 heavy (non-hydrogen) atoms. The molecule has 1 fully saturated rings. The van der Waals surface area contributed by atoms with Crippen LogP contribution < -0.4 is 0 Å². The lowest BCUT2D eigenvalue weighted by Crippen LogP contribution is -2.36. The summed E-state index contributed by atoms with van der Waals surface area (Å²) >= 11 is 5.91. The van der Waals surface area contributed by atoms with Gasteiger partial charge in [0, 0.05) is 22.1 Å². The van der Waals surface area contributed by atoms with Gasteiger partial charge in [0.25, 0.3) is 0 Å². The van der Waals surface area contributed by atoms with Crippen molar-refractivity contribution in [2.75, 3.05) is 13.1 Å². The van der Waals surface area contributed by atoms with Crippen molar-refractivity contribution in [3.8, 4) is 11.5 Å². The smallest absolute Gasteiger partial charge is 0.247 e. The molecule has 138 valence electrons. The van der Waals surface area contributed by atoms with Gasteiger partial charge in [-0.1, -0.05) is 41.9 Å². The van der Waals surface area contributed by atoms with Crippen LogP contribution in [0, 0.1) is 5.92 Å². The zero-order valence-electron chi connectivity index (χ0n) is 14.8. The van der Waals surface area contributed by atoms with Crippen molar-refractivity contribution in [2.45, 2.75) is 19.4 Å². The molecule has 5 nitrogen and oxygen atoms in total. The Hall–Kier alpha value is -2.50. The highest BCUT2D eigenvalue weighted by Crippen LogP contribution is 2.24. The molecule has 2 heterocycles. The van der Waals surface area contributed by atoms with Crippen LogP contribution in [-0.4, -0.2) is 34.0 Å². The van der Waals surface area contributed by atoms with Crippen molar-refractivity contribution in [1.82, 2.24) is 15.1 Å². The number of piperidine rings is 1. The molecule has 0 radical (unpaired) electrons. The third-order valence-electron chi connectivity index (χ3n) is 4.93. The molecule has 4 rings (SSSR count). The van der Waals surface area contributed by atoms with E-state index in [1.165, 1.54) is 0 Å². The van der Waals surface area contributed by atoms with Crippen LogP contribution in [0.4, 0.5) is 0 Å². The minimum atomic E-state index is 0.0935. The molecule has 3 aromatic rings. The molecule has 0 N–H and O–H groups in total. The highest BCUT2D eigenvalue weighted by molar-refractivity contribution is 6.30. The highest BCUT2D eigenvalue weighted by atomic mass is 35.5. The van der Waals surface area contributed by atoms with Gasteiger partial charge in [0.05, 0.1) is 6.54 Å². The second-order valence-corrected chi connectivity index (χ2v) is 7.22. The Morgan fingerprint density at radius 3 is 2.44 bits per heavy atom. The maximum Gasteiger partial charge on any atom is 0.247 e. The molecule has 0 saturated carbocycles. The third kappa shape index (κ3) is 4.26. The lowest BCUT2D eigenvalue weighted by molar-refractivity contribution is 0.0828. The number of aromatic nitrogens is 2. The fraction of sp³-hybridized carbons (Fsp3) is 0.286. The van der Waals surface area contributed by atoms with Gasteiger partial charge in [0.15, 0.2) is 5.78 Å². The first kappa shape index (κ1) is 17.9. The summed E-state index contributed by atoms with van der Waals surface area (Å²) in [5, 5.41) is 8.95. The summed E-state index contributed by atoms with van der Waals surface area (Å²) in [5.41, 5.74) is 1.66. The van der Waals surface area contributed by atoms with Gasteiger partial charge in [0.2, 0.25) is 11.8 Å². The standard InChI is InChI=1S/C21H20ClN3O2/c22-18-8-6-17(7-9-18)21-24-23-19(27-21)14-25-12-10-16(11-13-25)20(26)15-4-2-1-3-5-15/h1-9,16H,10-14H2. The van der Waals surface area contributed by atoms with Gasteiger partial charge in [0.1, 0.15) is 0 Å². The Morgan fingerprint density at radius 1 is 1.04 bits per heavy atom. The number of rotatable bonds is 5. The van der Waals surface area contributed by atoms with E-state index in [4.69, 9.17) is 16.0 Å². The van der Waals surface area contributed by atoms with Crippen molar-refractivity contribution in [1.29, 1.82) is 0 Å². The molecule has 0 aliphatic carbocycles. The summed E-state index contributed by atoms with van der Waals surface area (Å²) in [5.74, 6) is 1.43. The molecule has 1 aromatic heterocycles. The first-order valence-electron chi connectivity index (χ1n) is 9.09.